The van der Waals surface area contributed by atoms with Crippen LogP contribution < -0.4 is 19.5 Å². The first kappa shape index (κ1) is 44.8. The molecule has 314 valence electrons. The number of aromatic carboxylic acids is 1. The SMILES string of the molecule is CC(=O)Oc1ccccc1C(=O)O.CCCCC1C(=O)N(c2ccccc2)N(c2ccccc2)C1=O.COc1ccc2c(c1)c(CC(=O)O)c(C)n2C(=O)c1ccc(Cl)cc1. The van der Waals surface area contributed by atoms with Gasteiger partial charge in [0.15, 0.2) is 0 Å². The fraction of sp³-hybridized carbons (Fsp3) is 0.191. The molecule has 2 N–H and O–H groups in total. The molecule has 5 aromatic carbocycles. The number of carbonyl (C=O) groups is 6. The summed E-state index contributed by atoms with van der Waals surface area (Å²) in [5.41, 5.74) is 3.74. The van der Waals surface area contributed by atoms with Gasteiger partial charge in [0.2, 0.25) is 0 Å². The number of aromatic nitrogens is 1. The minimum absolute atomic E-state index is 0.0160. The van der Waals surface area contributed by atoms with Crippen molar-refractivity contribution < 1.29 is 48.5 Å². The Morgan fingerprint density at radius 1 is 0.754 bits per heavy atom. The smallest absolute Gasteiger partial charge is 0.339 e. The number of hydrazine groups is 1. The van der Waals surface area contributed by atoms with Crippen molar-refractivity contribution in [2.75, 3.05) is 17.1 Å². The van der Waals surface area contributed by atoms with Crippen molar-refractivity contribution in [3.63, 3.8) is 0 Å². The number of rotatable bonds is 11. The highest BCUT2D eigenvalue weighted by Gasteiger charge is 2.46. The van der Waals surface area contributed by atoms with Gasteiger partial charge in [-0.3, -0.25) is 28.5 Å². The minimum atomic E-state index is -1.11. The highest BCUT2D eigenvalue weighted by atomic mass is 35.5. The van der Waals surface area contributed by atoms with Crippen molar-refractivity contribution in [3.05, 3.63) is 155 Å². The van der Waals surface area contributed by atoms with E-state index in [-0.39, 0.29) is 35.5 Å². The number of nitrogens with zero attached hydrogens (tertiary/aromatic N) is 3. The summed E-state index contributed by atoms with van der Waals surface area (Å²) < 4.78 is 11.5. The number of halogens is 1. The predicted molar refractivity (Wildman–Crippen MR) is 231 cm³/mol. The number of hydrogen-bond acceptors (Lipinski definition) is 8. The van der Waals surface area contributed by atoms with Crippen molar-refractivity contribution in [1.82, 2.24) is 4.57 Å². The van der Waals surface area contributed by atoms with Crippen LogP contribution in [-0.2, 0) is 25.6 Å². The first-order valence-electron chi connectivity index (χ1n) is 19.3. The number of benzene rings is 5. The van der Waals surface area contributed by atoms with Crippen LogP contribution in [0.1, 0.15) is 65.1 Å². The molecule has 2 heterocycles. The Bertz CT molecular complexity index is 2480. The van der Waals surface area contributed by atoms with Crippen molar-refractivity contribution in [2.24, 2.45) is 5.92 Å². The monoisotopic (exact) mass is 845 g/mol. The summed E-state index contributed by atoms with van der Waals surface area (Å²) >= 11 is 5.89. The van der Waals surface area contributed by atoms with E-state index in [9.17, 15) is 33.9 Å². The van der Waals surface area contributed by atoms with E-state index in [0.29, 0.717) is 56.3 Å². The molecule has 0 saturated carbocycles. The molecule has 0 aliphatic carbocycles. The van der Waals surface area contributed by atoms with Gasteiger partial charge in [0, 0.05) is 28.6 Å². The Balaban J connectivity index is 0.000000182. The number of carboxylic acid groups (broad SMARTS) is 2. The maximum atomic E-state index is 13.0. The molecule has 61 heavy (non-hydrogen) atoms. The Kier molecular flexibility index (Phi) is 15.2. The molecule has 6 aromatic rings. The lowest BCUT2D eigenvalue weighted by Gasteiger charge is -2.27. The lowest BCUT2D eigenvalue weighted by Crippen LogP contribution is -2.41. The second kappa shape index (κ2) is 20.6. The van der Waals surface area contributed by atoms with Gasteiger partial charge in [0.1, 0.15) is 23.0 Å². The van der Waals surface area contributed by atoms with E-state index in [1.54, 1.807) is 68.6 Å². The average molecular weight is 846 g/mol. The normalized spacial score (nSPS) is 12.3. The molecule has 7 rings (SSSR count). The fourth-order valence-electron chi connectivity index (χ4n) is 6.71. The Morgan fingerprint density at radius 2 is 1.31 bits per heavy atom. The van der Waals surface area contributed by atoms with E-state index in [1.807, 2.05) is 60.7 Å². The number of para-hydroxylation sites is 3. The number of aliphatic carboxylic acids is 1. The number of fused-ring (bicyclic) bond motifs is 1. The van der Waals surface area contributed by atoms with E-state index in [0.717, 1.165) is 12.8 Å². The van der Waals surface area contributed by atoms with Gasteiger partial charge in [-0.1, -0.05) is 79.9 Å². The third-order valence-electron chi connectivity index (χ3n) is 9.60. The molecule has 2 amide bonds. The number of unbranched alkanes of at least 4 members (excludes halogenated alkanes) is 1. The standard InChI is InChI=1S/C19H16ClNO4.C19H20N2O2.C9H8O4/c1-11-15(10-18(22)23)16-9-14(25-2)7-8-17(16)21(11)19(24)12-3-5-13(20)6-4-12;1-2-3-14-17-18(22)20(15-10-6-4-7-11-15)21(19(17)23)16-12-8-5-9-13-16;1-6(10)13-8-5-3-2-4-7(8)9(11)12/h3-9H,10H2,1-2H3,(H,22,23);4-13,17H,2-3,14H2,1H3;2-5H,1H3,(H,11,12). The second-order valence-electron chi connectivity index (χ2n) is 13.7. The van der Waals surface area contributed by atoms with E-state index in [2.05, 4.69) is 11.7 Å². The highest BCUT2D eigenvalue weighted by molar-refractivity contribution is 6.30. The van der Waals surface area contributed by atoms with E-state index in [1.165, 1.54) is 33.6 Å². The molecule has 0 unspecified atom stereocenters. The first-order chi connectivity index (χ1) is 29.3. The number of methoxy groups -OCH3 is 1. The second-order valence-corrected chi connectivity index (χ2v) is 14.2. The van der Waals surface area contributed by atoms with E-state index in [4.69, 9.17) is 21.4 Å². The molecular formula is C47H44ClN3O10. The van der Waals surface area contributed by atoms with Gasteiger partial charge in [-0.2, -0.15) is 0 Å². The average Bonchev–Trinajstić information content (AvgIpc) is 3.67. The molecule has 0 bridgehead atoms. The summed E-state index contributed by atoms with van der Waals surface area (Å²) in [6.07, 6.45) is 2.26. The predicted octanol–water partition coefficient (Wildman–Crippen LogP) is 9.03. The molecule has 0 atom stereocenters. The Labute approximate surface area is 357 Å². The van der Waals surface area contributed by atoms with Crippen LogP contribution >= 0.6 is 11.6 Å². The van der Waals surface area contributed by atoms with Crippen LogP contribution in [0.15, 0.2) is 127 Å². The molecule has 13 nitrogen and oxygen atoms in total. The maximum Gasteiger partial charge on any atom is 0.339 e. The van der Waals surface area contributed by atoms with Crippen molar-refractivity contribution in [3.8, 4) is 11.5 Å². The number of carboxylic acids is 2. The van der Waals surface area contributed by atoms with Crippen molar-refractivity contribution in [2.45, 2.75) is 46.5 Å². The van der Waals surface area contributed by atoms with Gasteiger partial charge < -0.3 is 19.7 Å². The summed E-state index contributed by atoms with van der Waals surface area (Å²) in [4.78, 5) is 71.2. The number of anilines is 2. The molecule has 1 fully saturated rings. The summed E-state index contributed by atoms with van der Waals surface area (Å²) in [7, 11) is 1.54. The Morgan fingerprint density at radius 3 is 1.82 bits per heavy atom. The van der Waals surface area contributed by atoms with Gasteiger partial charge in [-0.25, -0.2) is 14.8 Å². The molecule has 0 radical (unpaired) electrons. The zero-order valence-corrected chi connectivity index (χ0v) is 34.7. The van der Waals surface area contributed by atoms with E-state index < -0.39 is 23.8 Å². The van der Waals surface area contributed by atoms with Crippen LogP contribution in [0.25, 0.3) is 10.9 Å². The number of esters is 1. The van der Waals surface area contributed by atoms with Crippen LogP contribution in [-0.4, -0.2) is 57.5 Å². The molecule has 1 saturated heterocycles. The Hall–Kier alpha value is -7.25. The minimum Gasteiger partial charge on any atom is -0.497 e. The molecule has 0 spiro atoms. The zero-order chi connectivity index (χ0) is 44.2. The van der Waals surface area contributed by atoms with Crippen LogP contribution in [0.2, 0.25) is 5.02 Å². The summed E-state index contributed by atoms with van der Waals surface area (Å²) in [6.45, 7) is 5.03. The third-order valence-corrected chi connectivity index (χ3v) is 9.85. The van der Waals surface area contributed by atoms with Crippen LogP contribution in [0, 0.1) is 12.8 Å². The first-order valence-corrected chi connectivity index (χ1v) is 19.6. The van der Waals surface area contributed by atoms with Gasteiger partial charge in [-0.05, 0) is 97.8 Å². The zero-order valence-electron chi connectivity index (χ0n) is 33.9. The quantitative estimate of drug-likeness (QED) is 0.0728. The van der Waals surface area contributed by atoms with Crippen LogP contribution in [0.3, 0.4) is 0 Å². The lowest BCUT2D eigenvalue weighted by molar-refractivity contribution is -0.136. The molecule has 1 aliphatic heterocycles. The number of hydrogen-bond donors (Lipinski definition) is 2. The van der Waals surface area contributed by atoms with Gasteiger partial charge >= 0.3 is 17.9 Å². The van der Waals surface area contributed by atoms with Crippen LogP contribution in [0.4, 0.5) is 11.4 Å². The van der Waals surface area contributed by atoms with Gasteiger partial charge in [0.05, 0.1) is 30.4 Å². The fourth-order valence-corrected chi connectivity index (χ4v) is 6.84. The number of carbonyl (C=O) groups excluding carboxylic acids is 4. The number of ether oxygens (including phenoxy) is 2. The largest absolute Gasteiger partial charge is 0.497 e. The van der Waals surface area contributed by atoms with Gasteiger partial charge in [0.25, 0.3) is 17.7 Å². The molecule has 14 heteroatoms. The van der Waals surface area contributed by atoms with Crippen molar-refractivity contribution in [1.29, 1.82) is 0 Å². The number of amides is 2. The van der Waals surface area contributed by atoms with E-state index >= 15 is 0 Å². The molecular weight excluding hydrogens is 802 g/mol. The van der Waals surface area contributed by atoms with Gasteiger partial charge in [-0.15, -0.1) is 0 Å². The summed E-state index contributed by atoms with van der Waals surface area (Å²) in [6, 6.07) is 36.5. The maximum absolute atomic E-state index is 13.0. The summed E-state index contributed by atoms with van der Waals surface area (Å²) in [5.74, 6) is -3.03. The lowest BCUT2D eigenvalue weighted by atomic mass is 10.0. The highest BCUT2D eigenvalue weighted by Crippen LogP contribution is 2.34. The molecule has 1 aliphatic rings. The van der Waals surface area contributed by atoms with Crippen molar-refractivity contribution >= 4 is 69.5 Å². The summed E-state index contributed by atoms with van der Waals surface area (Å²) in [5, 5.41) is 22.2. The third kappa shape index (κ3) is 10.7. The molecule has 1 aromatic heterocycles. The van der Waals surface area contributed by atoms with Crippen LogP contribution in [0.5, 0.6) is 11.5 Å². The topological polar surface area (TPSA) is 173 Å².